The topological polar surface area (TPSA) is 17.1 Å². The molecule has 1 aliphatic carbocycles. The van der Waals surface area contributed by atoms with Crippen LogP contribution in [0.4, 0.5) is 0 Å². The van der Waals surface area contributed by atoms with Crippen molar-refractivity contribution >= 4 is 6.29 Å². The van der Waals surface area contributed by atoms with E-state index in [1.54, 1.807) is 0 Å². The molecule has 0 aromatic heterocycles. The highest BCUT2D eigenvalue weighted by Gasteiger charge is 2.20. The molecule has 0 heterocycles. The molecule has 1 fully saturated rings. The Morgan fingerprint density at radius 3 is 1.56 bits per heavy atom. The van der Waals surface area contributed by atoms with Crippen molar-refractivity contribution in [3.8, 4) is 0 Å². The third kappa shape index (κ3) is 8.94. The van der Waals surface area contributed by atoms with Gasteiger partial charge in [-0.15, -0.1) is 0 Å². The average molecular weight is 228 g/mol. The fourth-order valence-electron chi connectivity index (χ4n) is 1.27. The lowest BCUT2D eigenvalue weighted by atomic mass is 9.83. The zero-order valence-electron chi connectivity index (χ0n) is 12.5. The Bertz CT molecular complexity index is 153. The van der Waals surface area contributed by atoms with Gasteiger partial charge in [-0.25, -0.2) is 0 Å². The summed E-state index contributed by atoms with van der Waals surface area (Å²) in [6.07, 6.45) is 6.96. The Hall–Kier alpha value is -0.330. The summed E-state index contributed by atoms with van der Waals surface area (Å²) in [6.45, 7) is 14.3. The van der Waals surface area contributed by atoms with E-state index in [-0.39, 0.29) is 5.41 Å². The zero-order chi connectivity index (χ0) is 13.2. The number of hydrogen-bond acceptors (Lipinski definition) is 1. The molecule has 0 aromatic rings. The maximum atomic E-state index is 10.3. The van der Waals surface area contributed by atoms with E-state index in [2.05, 4.69) is 20.8 Å². The fourth-order valence-corrected chi connectivity index (χ4v) is 1.27. The van der Waals surface area contributed by atoms with Crippen LogP contribution in [-0.2, 0) is 4.79 Å². The van der Waals surface area contributed by atoms with Gasteiger partial charge in [0, 0.05) is 5.41 Å². The number of hydrogen-bond donors (Lipinski definition) is 0. The molecule has 1 rings (SSSR count). The van der Waals surface area contributed by atoms with Crippen molar-refractivity contribution in [2.75, 3.05) is 0 Å². The van der Waals surface area contributed by atoms with E-state index in [4.69, 9.17) is 0 Å². The van der Waals surface area contributed by atoms with Crippen LogP contribution in [0.15, 0.2) is 0 Å². The van der Waals surface area contributed by atoms with Crippen molar-refractivity contribution < 1.29 is 4.79 Å². The van der Waals surface area contributed by atoms with Crippen LogP contribution < -0.4 is 0 Å². The third-order valence-corrected chi connectivity index (χ3v) is 3.44. The van der Waals surface area contributed by atoms with Crippen molar-refractivity contribution in [3.05, 3.63) is 0 Å². The highest BCUT2D eigenvalue weighted by molar-refractivity contribution is 5.58. The van der Waals surface area contributed by atoms with Crippen LogP contribution in [0, 0.1) is 17.3 Å². The minimum Gasteiger partial charge on any atom is -0.303 e. The third-order valence-electron chi connectivity index (χ3n) is 3.44. The van der Waals surface area contributed by atoms with Crippen LogP contribution in [0.1, 0.15) is 74.1 Å². The standard InChI is InChI=1S/C7H14O.C6H12.C2H6/c1-6(2)7(3,4)5-8;1-6-4-2-3-5-6;1-2/h5-6H,1-4H3;6H,2-5H2,1H3;1-2H3. The van der Waals surface area contributed by atoms with E-state index in [1.165, 1.54) is 25.7 Å². The monoisotopic (exact) mass is 228 g/mol. The molecule has 16 heavy (non-hydrogen) atoms. The Morgan fingerprint density at radius 2 is 1.50 bits per heavy atom. The predicted octanol–water partition coefficient (Wildman–Crippen LogP) is 5.09. The van der Waals surface area contributed by atoms with Crippen LogP contribution in [0.25, 0.3) is 0 Å². The van der Waals surface area contributed by atoms with Crippen molar-refractivity contribution in [2.45, 2.75) is 74.1 Å². The number of aldehydes is 1. The smallest absolute Gasteiger partial charge is 0.125 e. The molecule has 0 spiro atoms. The lowest BCUT2D eigenvalue weighted by Gasteiger charge is -2.20. The molecule has 0 unspecified atom stereocenters. The summed E-state index contributed by atoms with van der Waals surface area (Å²) in [7, 11) is 0. The van der Waals surface area contributed by atoms with E-state index in [0.29, 0.717) is 5.92 Å². The molecule has 0 N–H and O–H groups in total. The van der Waals surface area contributed by atoms with Gasteiger partial charge in [-0.1, -0.05) is 74.1 Å². The molecule has 1 nitrogen and oxygen atoms in total. The van der Waals surface area contributed by atoms with Crippen LogP contribution in [-0.4, -0.2) is 6.29 Å². The van der Waals surface area contributed by atoms with E-state index in [1.807, 2.05) is 27.7 Å². The van der Waals surface area contributed by atoms with Crippen molar-refractivity contribution in [2.24, 2.45) is 17.3 Å². The van der Waals surface area contributed by atoms with Crippen LogP contribution in [0.3, 0.4) is 0 Å². The van der Waals surface area contributed by atoms with Gasteiger partial charge < -0.3 is 4.79 Å². The number of carbonyl (C=O) groups is 1. The molecule has 1 aliphatic rings. The summed E-state index contributed by atoms with van der Waals surface area (Å²) in [5.74, 6) is 1.49. The second-order valence-electron chi connectivity index (χ2n) is 5.48. The van der Waals surface area contributed by atoms with Gasteiger partial charge in [0.25, 0.3) is 0 Å². The summed E-state index contributed by atoms with van der Waals surface area (Å²) in [4.78, 5) is 10.3. The second-order valence-corrected chi connectivity index (χ2v) is 5.48. The summed E-state index contributed by atoms with van der Waals surface area (Å²) in [5.41, 5.74) is -0.139. The Morgan fingerprint density at radius 1 is 1.12 bits per heavy atom. The zero-order valence-corrected chi connectivity index (χ0v) is 12.5. The van der Waals surface area contributed by atoms with Gasteiger partial charge in [0.2, 0.25) is 0 Å². The first-order valence-electron chi connectivity index (χ1n) is 6.86. The predicted molar refractivity (Wildman–Crippen MR) is 73.7 cm³/mol. The van der Waals surface area contributed by atoms with Gasteiger partial charge in [-0.3, -0.25) is 0 Å². The minimum atomic E-state index is -0.139. The van der Waals surface area contributed by atoms with Crippen LogP contribution >= 0.6 is 0 Å². The van der Waals surface area contributed by atoms with Gasteiger partial charge in [0.1, 0.15) is 6.29 Å². The molecule has 0 radical (unpaired) electrons. The SMILES string of the molecule is CC.CC(C)C(C)(C)C=O.CC1CCCC1. The quantitative estimate of drug-likeness (QED) is 0.602. The Kier molecular flexibility index (Phi) is 11.1. The lowest BCUT2D eigenvalue weighted by Crippen LogP contribution is -2.20. The van der Waals surface area contributed by atoms with Crippen molar-refractivity contribution in [3.63, 3.8) is 0 Å². The first-order chi connectivity index (χ1) is 7.40. The van der Waals surface area contributed by atoms with E-state index in [0.717, 1.165) is 12.2 Å². The maximum absolute atomic E-state index is 10.3. The van der Waals surface area contributed by atoms with E-state index >= 15 is 0 Å². The summed E-state index contributed by atoms with van der Waals surface area (Å²) in [6, 6.07) is 0. The molecule has 0 atom stereocenters. The molecule has 1 saturated carbocycles. The molecule has 0 bridgehead atoms. The van der Waals surface area contributed by atoms with Crippen LogP contribution in [0.5, 0.6) is 0 Å². The molecule has 0 amide bonds. The second kappa shape index (κ2) is 9.86. The first-order valence-corrected chi connectivity index (χ1v) is 6.86. The number of carbonyl (C=O) groups excluding carboxylic acids is 1. The molecule has 1 heteroatoms. The summed E-state index contributed by atoms with van der Waals surface area (Å²) >= 11 is 0. The molecule has 98 valence electrons. The highest BCUT2D eigenvalue weighted by Crippen LogP contribution is 2.23. The largest absolute Gasteiger partial charge is 0.303 e. The van der Waals surface area contributed by atoms with Gasteiger partial charge in [-0.2, -0.15) is 0 Å². The van der Waals surface area contributed by atoms with Gasteiger partial charge in [0.05, 0.1) is 0 Å². The molecular weight excluding hydrogens is 196 g/mol. The van der Waals surface area contributed by atoms with Crippen molar-refractivity contribution in [1.29, 1.82) is 0 Å². The average Bonchev–Trinajstić information content (AvgIpc) is 2.73. The van der Waals surface area contributed by atoms with Crippen molar-refractivity contribution in [1.82, 2.24) is 0 Å². The van der Waals surface area contributed by atoms with Gasteiger partial charge >= 0.3 is 0 Å². The minimum absolute atomic E-state index is 0.139. The van der Waals surface area contributed by atoms with E-state index < -0.39 is 0 Å². The normalized spacial score (nSPS) is 16.0. The summed E-state index contributed by atoms with van der Waals surface area (Å²) < 4.78 is 0. The van der Waals surface area contributed by atoms with Gasteiger partial charge in [-0.05, 0) is 11.8 Å². The molecule has 0 aliphatic heterocycles. The lowest BCUT2D eigenvalue weighted by molar-refractivity contribution is -0.116. The van der Waals surface area contributed by atoms with E-state index in [9.17, 15) is 4.79 Å². The highest BCUT2D eigenvalue weighted by atomic mass is 16.1. The molecule has 0 aromatic carbocycles. The summed E-state index contributed by atoms with van der Waals surface area (Å²) in [5, 5.41) is 0. The van der Waals surface area contributed by atoms with Crippen LogP contribution in [0.2, 0.25) is 0 Å². The number of rotatable bonds is 2. The Balaban J connectivity index is 0. The molecular formula is C15H32O. The Labute approximate surface area is 103 Å². The molecule has 0 saturated heterocycles. The fraction of sp³-hybridized carbons (Fsp3) is 0.933. The first kappa shape index (κ1) is 18.0. The maximum Gasteiger partial charge on any atom is 0.125 e. The van der Waals surface area contributed by atoms with Gasteiger partial charge in [0.15, 0.2) is 0 Å².